The second-order valence-corrected chi connectivity index (χ2v) is 3.49. The second kappa shape index (κ2) is 3.52. The van der Waals surface area contributed by atoms with E-state index in [-0.39, 0.29) is 5.82 Å². The summed E-state index contributed by atoms with van der Waals surface area (Å²) < 4.78 is 13.3. The summed E-state index contributed by atoms with van der Waals surface area (Å²) in [6.07, 6.45) is 3.45. The molecule has 1 heterocycles. The average molecular weight is 269 g/mol. The van der Waals surface area contributed by atoms with E-state index in [0.29, 0.717) is 8.60 Å². The largest absolute Gasteiger partial charge is 0.247 e. The standard InChI is InChI=1S/C6H5FINS/c1-10-4-2-3-9-6(8)5(4)7/h2-3H,1H3. The van der Waals surface area contributed by atoms with Crippen molar-refractivity contribution in [3.63, 3.8) is 0 Å². The maximum absolute atomic E-state index is 12.9. The molecule has 1 aromatic rings. The van der Waals surface area contributed by atoms with Crippen molar-refractivity contribution in [3.8, 4) is 0 Å². The quantitative estimate of drug-likeness (QED) is 0.441. The van der Waals surface area contributed by atoms with Crippen molar-refractivity contribution >= 4 is 34.4 Å². The fraction of sp³-hybridized carbons (Fsp3) is 0.167. The smallest absolute Gasteiger partial charge is 0.168 e. The molecule has 10 heavy (non-hydrogen) atoms. The molecule has 0 amide bonds. The molecule has 54 valence electrons. The molecular formula is C6H5FINS. The normalized spacial score (nSPS) is 9.90. The van der Waals surface area contributed by atoms with Gasteiger partial charge in [0.15, 0.2) is 5.82 Å². The van der Waals surface area contributed by atoms with Gasteiger partial charge in [0.05, 0.1) is 0 Å². The van der Waals surface area contributed by atoms with Crippen LogP contribution in [-0.4, -0.2) is 11.2 Å². The van der Waals surface area contributed by atoms with E-state index < -0.39 is 0 Å². The van der Waals surface area contributed by atoms with Crippen molar-refractivity contribution in [2.45, 2.75) is 4.90 Å². The number of thioether (sulfide) groups is 1. The monoisotopic (exact) mass is 269 g/mol. The summed E-state index contributed by atoms with van der Waals surface area (Å²) >= 11 is 3.26. The first kappa shape index (κ1) is 8.26. The lowest BCUT2D eigenvalue weighted by atomic mass is 10.5. The topological polar surface area (TPSA) is 12.9 Å². The summed E-state index contributed by atoms with van der Waals surface area (Å²) in [5.41, 5.74) is 0. The Hall–Kier alpha value is 0.160. The van der Waals surface area contributed by atoms with Crippen LogP contribution < -0.4 is 0 Å². The van der Waals surface area contributed by atoms with Crippen molar-refractivity contribution < 1.29 is 4.39 Å². The van der Waals surface area contributed by atoms with Crippen LogP contribution in [0.2, 0.25) is 0 Å². The highest BCUT2D eigenvalue weighted by atomic mass is 127. The third-order valence-electron chi connectivity index (χ3n) is 1.03. The summed E-state index contributed by atoms with van der Waals surface area (Å²) in [6, 6.07) is 1.67. The minimum atomic E-state index is -0.212. The van der Waals surface area contributed by atoms with Crippen LogP contribution in [0.5, 0.6) is 0 Å². The zero-order valence-electron chi connectivity index (χ0n) is 5.27. The number of hydrogen-bond donors (Lipinski definition) is 0. The molecule has 1 aromatic heterocycles. The summed E-state index contributed by atoms with van der Waals surface area (Å²) in [5, 5.41) is 0. The third kappa shape index (κ3) is 1.60. The van der Waals surface area contributed by atoms with Crippen molar-refractivity contribution in [2.24, 2.45) is 0 Å². The van der Waals surface area contributed by atoms with Crippen molar-refractivity contribution in [2.75, 3.05) is 6.26 Å². The van der Waals surface area contributed by atoms with Gasteiger partial charge < -0.3 is 0 Å². The Morgan fingerprint density at radius 3 is 2.90 bits per heavy atom. The van der Waals surface area contributed by atoms with Crippen LogP contribution in [0, 0.1) is 9.52 Å². The Kier molecular flexibility index (Phi) is 2.91. The molecule has 1 nitrogen and oxygen atoms in total. The fourth-order valence-electron chi connectivity index (χ4n) is 0.560. The van der Waals surface area contributed by atoms with E-state index in [1.807, 2.05) is 28.8 Å². The molecule has 0 aliphatic heterocycles. The van der Waals surface area contributed by atoms with Gasteiger partial charge in [0.1, 0.15) is 3.70 Å². The zero-order valence-corrected chi connectivity index (χ0v) is 8.24. The van der Waals surface area contributed by atoms with E-state index >= 15 is 0 Å². The molecule has 0 aromatic carbocycles. The number of aromatic nitrogens is 1. The van der Waals surface area contributed by atoms with Crippen molar-refractivity contribution in [3.05, 3.63) is 21.8 Å². The van der Waals surface area contributed by atoms with Crippen LogP contribution in [0.25, 0.3) is 0 Å². The Bertz CT molecular complexity index is 241. The molecule has 0 N–H and O–H groups in total. The Labute approximate surface area is 76.6 Å². The zero-order chi connectivity index (χ0) is 7.56. The molecule has 4 heteroatoms. The summed E-state index contributed by atoms with van der Waals surface area (Å²) in [7, 11) is 0. The van der Waals surface area contributed by atoms with Crippen LogP contribution in [0.3, 0.4) is 0 Å². The molecule has 0 radical (unpaired) electrons. The van der Waals surface area contributed by atoms with E-state index in [1.54, 1.807) is 12.3 Å². The molecule has 0 atom stereocenters. The molecule has 0 aliphatic carbocycles. The Balaban J connectivity index is 3.14. The highest BCUT2D eigenvalue weighted by Gasteiger charge is 2.03. The molecule has 0 spiro atoms. The van der Waals surface area contributed by atoms with Gasteiger partial charge in [0.25, 0.3) is 0 Å². The summed E-state index contributed by atoms with van der Waals surface area (Å²) in [6.45, 7) is 0. The van der Waals surface area contributed by atoms with Gasteiger partial charge in [-0.3, -0.25) is 0 Å². The Morgan fingerprint density at radius 2 is 2.40 bits per heavy atom. The number of nitrogens with zero attached hydrogens (tertiary/aromatic N) is 1. The van der Waals surface area contributed by atoms with Gasteiger partial charge in [-0.05, 0) is 34.9 Å². The number of halogens is 2. The first-order valence-electron chi connectivity index (χ1n) is 2.59. The lowest BCUT2D eigenvalue weighted by Gasteiger charge is -1.97. The lowest BCUT2D eigenvalue weighted by molar-refractivity contribution is 0.585. The van der Waals surface area contributed by atoms with Gasteiger partial charge in [-0.15, -0.1) is 11.8 Å². The first-order valence-corrected chi connectivity index (χ1v) is 4.90. The fourth-order valence-corrected chi connectivity index (χ4v) is 1.67. The Morgan fingerprint density at radius 1 is 1.70 bits per heavy atom. The SMILES string of the molecule is CSc1ccnc(I)c1F. The molecule has 0 unspecified atom stereocenters. The van der Waals surface area contributed by atoms with Gasteiger partial charge in [-0.1, -0.05) is 0 Å². The van der Waals surface area contributed by atoms with E-state index in [2.05, 4.69) is 4.98 Å². The number of hydrogen-bond acceptors (Lipinski definition) is 2. The summed E-state index contributed by atoms with van der Waals surface area (Å²) in [5.74, 6) is -0.212. The van der Waals surface area contributed by atoms with Gasteiger partial charge >= 0.3 is 0 Å². The average Bonchev–Trinajstić information content (AvgIpc) is 1.95. The highest BCUT2D eigenvalue weighted by molar-refractivity contribution is 14.1. The van der Waals surface area contributed by atoms with Crippen LogP contribution in [0.4, 0.5) is 4.39 Å². The molecule has 0 saturated carbocycles. The number of rotatable bonds is 1. The molecule has 0 aliphatic rings. The van der Waals surface area contributed by atoms with Crippen molar-refractivity contribution in [1.29, 1.82) is 0 Å². The molecular weight excluding hydrogens is 264 g/mol. The van der Waals surface area contributed by atoms with E-state index in [1.165, 1.54) is 11.8 Å². The van der Waals surface area contributed by atoms with Crippen molar-refractivity contribution in [1.82, 2.24) is 4.98 Å². The highest BCUT2D eigenvalue weighted by Crippen LogP contribution is 2.20. The third-order valence-corrected chi connectivity index (χ3v) is 2.54. The summed E-state index contributed by atoms with van der Waals surface area (Å²) in [4.78, 5) is 4.44. The molecule has 0 fully saturated rings. The maximum Gasteiger partial charge on any atom is 0.168 e. The van der Waals surface area contributed by atoms with Gasteiger partial charge in [-0.2, -0.15) is 0 Å². The van der Waals surface area contributed by atoms with Crippen LogP contribution in [-0.2, 0) is 0 Å². The van der Waals surface area contributed by atoms with E-state index in [0.717, 1.165) is 0 Å². The van der Waals surface area contributed by atoms with E-state index in [9.17, 15) is 4.39 Å². The minimum absolute atomic E-state index is 0.212. The predicted molar refractivity (Wildman–Crippen MR) is 48.7 cm³/mol. The molecule has 0 bridgehead atoms. The lowest BCUT2D eigenvalue weighted by Crippen LogP contribution is -1.88. The molecule has 0 saturated heterocycles. The van der Waals surface area contributed by atoms with Crippen LogP contribution in [0.15, 0.2) is 17.2 Å². The molecule has 1 rings (SSSR count). The van der Waals surface area contributed by atoms with Gasteiger partial charge in [-0.25, -0.2) is 9.37 Å². The first-order chi connectivity index (χ1) is 4.75. The second-order valence-electron chi connectivity index (χ2n) is 1.62. The van der Waals surface area contributed by atoms with Crippen LogP contribution >= 0.6 is 34.4 Å². The number of pyridine rings is 1. The van der Waals surface area contributed by atoms with E-state index in [4.69, 9.17) is 0 Å². The van der Waals surface area contributed by atoms with Crippen LogP contribution in [0.1, 0.15) is 0 Å². The van der Waals surface area contributed by atoms with Gasteiger partial charge in [0, 0.05) is 11.1 Å². The predicted octanol–water partition coefficient (Wildman–Crippen LogP) is 2.55. The maximum atomic E-state index is 12.9. The van der Waals surface area contributed by atoms with Gasteiger partial charge in [0.2, 0.25) is 0 Å². The minimum Gasteiger partial charge on any atom is -0.247 e.